The third-order valence-corrected chi connectivity index (χ3v) is 3.70. The molecule has 1 aromatic carbocycles. The molecule has 1 aliphatic heterocycles. The van der Waals surface area contributed by atoms with Gasteiger partial charge in [-0.05, 0) is 11.6 Å². The lowest BCUT2D eigenvalue weighted by Gasteiger charge is -2.25. The number of para-hydroxylation sites is 1. The Morgan fingerprint density at radius 1 is 1.45 bits per heavy atom. The summed E-state index contributed by atoms with van der Waals surface area (Å²) in [5, 5.41) is 9.81. The molecule has 110 valence electrons. The van der Waals surface area contributed by atoms with E-state index in [9.17, 15) is 9.90 Å². The first-order valence-electron chi connectivity index (χ1n) is 6.78. The van der Waals surface area contributed by atoms with Crippen molar-refractivity contribution < 1.29 is 14.6 Å². The van der Waals surface area contributed by atoms with Gasteiger partial charge in [-0.25, -0.2) is 0 Å². The van der Waals surface area contributed by atoms with Gasteiger partial charge in [0.2, 0.25) is 0 Å². The Hall–Kier alpha value is -1.59. The highest BCUT2D eigenvalue weighted by molar-refractivity contribution is 5.76. The minimum Gasteiger partial charge on any atom is -0.468 e. The molecule has 5 nitrogen and oxygen atoms in total. The number of methoxy groups -OCH3 is 1. The molecule has 20 heavy (non-hydrogen) atoms. The fourth-order valence-corrected chi connectivity index (χ4v) is 2.73. The number of aliphatic hydroxyl groups excluding tert-OH is 1. The number of hydrogen-bond donors (Lipinski definition) is 1. The highest BCUT2D eigenvalue weighted by atomic mass is 16.5. The summed E-state index contributed by atoms with van der Waals surface area (Å²) in [7, 11) is 5.38. The molecule has 1 heterocycles. The quantitative estimate of drug-likeness (QED) is 0.828. The van der Waals surface area contributed by atoms with E-state index in [1.165, 1.54) is 7.11 Å². The van der Waals surface area contributed by atoms with Gasteiger partial charge in [0.1, 0.15) is 6.04 Å². The van der Waals surface area contributed by atoms with E-state index >= 15 is 0 Å². The maximum absolute atomic E-state index is 11.8. The summed E-state index contributed by atoms with van der Waals surface area (Å²) in [5.74, 6) is -0.274. The third-order valence-electron chi connectivity index (χ3n) is 3.70. The molecule has 2 atom stereocenters. The van der Waals surface area contributed by atoms with E-state index in [2.05, 4.69) is 11.0 Å². The van der Waals surface area contributed by atoms with Crippen LogP contribution in [-0.2, 0) is 16.1 Å². The van der Waals surface area contributed by atoms with Crippen molar-refractivity contribution in [3.63, 3.8) is 0 Å². The number of rotatable bonds is 4. The summed E-state index contributed by atoms with van der Waals surface area (Å²) in [6, 6.07) is 7.73. The van der Waals surface area contributed by atoms with E-state index in [4.69, 9.17) is 4.74 Å². The molecule has 0 spiro atoms. The molecule has 1 N–H and O–H groups in total. The molecule has 0 aliphatic carbocycles. The van der Waals surface area contributed by atoms with Gasteiger partial charge in [-0.2, -0.15) is 0 Å². The van der Waals surface area contributed by atoms with Crippen molar-refractivity contribution in [2.75, 3.05) is 32.6 Å². The van der Waals surface area contributed by atoms with Crippen LogP contribution >= 0.6 is 0 Å². The molecule has 2 rings (SSSR count). The Balaban J connectivity index is 2.18. The van der Waals surface area contributed by atoms with Crippen LogP contribution in [0, 0.1) is 0 Å². The first-order valence-corrected chi connectivity index (χ1v) is 6.78. The number of anilines is 1. The molecule has 1 fully saturated rings. The average Bonchev–Trinajstić information content (AvgIpc) is 2.79. The first kappa shape index (κ1) is 14.8. The van der Waals surface area contributed by atoms with E-state index < -0.39 is 6.10 Å². The minimum atomic E-state index is -0.467. The molecule has 0 radical (unpaired) electrons. The van der Waals surface area contributed by atoms with Crippen molar-refractivity contribution in [3.8, 4) is 0 Å². The van der Waals surface area contributed by atoms with Crippen LogP contribution in [0.1, 0.15) is 12.0 Å². The Kier molecular flexibility index (Phi) is 4.62. The molecule has 5 heteroatoms. The number of carbonyl (C=O) groups is 1. The number of benzene rings is 1. The number of β-amino-alcohol motifs (C(OH)–C–C–N with tert-alkyl or cyclic N) is 1. The van der Waals surface area contributed by atoms with Gasteiger partial charge in [-0.15, -0.1) is 0 Å². The van der Waals surface area contributed by atoms with Crippen LogP contribution in [0.15, 0.2) is 24.3 Å². The maximum atomic E-state index is 11.8. The minimum absolute atomic E-state index is 0.274. The van der Waals surface area contributed by atoms with Gasteiger partial charge in [-0.1, -0.05) is 18.2 Å². The summed E-state index contributed by atoms with van der Waals surface area (Å²) in [6.45, 7) is 1.13. The Bertz CT molecular complexity index is 476. The third kappa shape index (κ3) is 3.11. The summed E-state index contributed by atoms with van der Waals surface area (Å²) in [4.78, 5) is 15.8. The number of aliphatic hydroxyl groups is 1. The van der Waals surface area contributed by atoms with E-state index in [-0.39, 0.29) is 12.0 Å². The van der Waals surface area contributed by atoms with Gasteiger partial charge < -0.3 is 14.7 Å². The van der Waals surface area contributed by atoms with E-state index in [0.717, 1.165) is 11.3 Å². The van der Waals surface area contributed by atoms with Gasteiger partial charge in [0.25, 0.3) is 0 Å². The predicted molar refractivity (Wildman–Crippen MR) is 77.6 cm³/mol. The molecule has 1 saturated heterocycles. The monoisotopic (exact) mass is 278 g/mol. The van der Waals surface area contributed by atoms with Crippen molar-refractivity contribution in [2.24, 2.45) is 0 Å². The van der Waals surface area contributed by atoms with E-state index in [1.807, 2.05) is 37.2 Å². The van der Waals surface area contributed by atoms with Crippen molar-refractivity contribution >= 4 is 11.7 Å². The first-order chi connectivity index (χ1) is 9.52. The second-order valence-corrected chi connectivity index (χ2v) is 5.38. The van der Waals surface area contributed by atoms with Crippen LogP contribution in [0.25, 0.3) is 0 Å². The standard InChI is InChI=1S/C15H22N2O3/c1-16(2)13-7-5-4-6-11(13)9-17-10-12(18)8-14(17)15(19)20-3/h4-7,12,14,18H,8-10H2,1-3H3/t12-,14+/m1/s1. The number of nitrogens with zero attached hydrogens (tertiary/aromatic N) is 2. The largest absolute Gasteiger partial charge is 0.468 e. The lowest BCUT2D eigenvalue weighted by molar-refractivity contribution is -0.146. The van der Waals surface area contributed by atoms with Crippen LogP contribution in [0.2, 0.25) is 0 Å². The molecule has 0 aromatic heterocycles. The SMILES string of the molecule is COC(=O)[C@@H]1C[C@@H](O)CN1Cc1ccccc1N(C)C. The molecule has 0 unspecified atom stereocenters. The lowest BCUT2D eigenvalue weighted by Crippen LogP contribution is -2.36. The van der Waals surface area contributed by atoms with E-state index in [0.29, 0.717) is 19.5 Å². The topological polar surface area (TPSA) is 53.0 Å². The van der Waals surface area contributed by atoms with Crippen LogP contribution in [0.3, 0.4) is 0 Å². The summed E-state index contributed by atoms with van der Waals surface area (Å²) in [6.07, 6.45) is -0.0257. The van der Waals surface area contributed by atoms with Crippen molar-refractivity contribution in [1.82, 2.24) is 4.90 Å². The summed E-state index contributed by atoms with van der Waals surface area (Å²) < 4.78 is 4.83. The number of hydrogen-bond acceptors (Lipinski definition) is 5. The molecule has 0 amide bonds. The van der Waals surface area contributed by atoms with Gasteiger partial charge in [0.15, 0.2) is 0 Å². The van der Waals surface area contributed by atoms with Crippen LogP contribution in [0.5, 0.6) is 0 Å². The van der Waals surface area contributed by atoms with Crippen molar-refractivity contribution in [1.29, 1.82) is 0 Å². The highest BCUT2D eigenvalue weighted by Gasteiger charge is 2.36. The number of esters is 1. The molecule has 0 saturated carbocycles. The summed E-state index contributed by atoms with van der Waals surface area (Å²) in [5.41, 5.74) is 2.26. The van der Waals surface area contributed by atoms with Crippen LogP contribution in [-0.4, -0.2) is 55.9 Å². The van der Waals surface area contributed by atoms with Crippen LogP contribution in [0.4, 0.5) is 5.69 Å². The number of carbonyl (C=O) groups excluding carboxylic acids is 1. The fraction of sp³-hybridized carbons (Fsp3) is 0.533. The zero-order chi connectivity index (χ0) is 14.7. The number of ether oxygens (including phenoxy) is 1. The van der Waals surface area contributed by atoms with Crippen molar-refractivity contribution in [3.05, 3.63) is 29.8 Å². The molecule has 1 aromatic rings. The Labute approximate surface area is 119 Å². The average molecular weight is 278 g/mol. The Morgan fingerprint density at radius 3 is 2.80 bits per heavy atom. The second-order valence-electron chi connectivity index (χ2n) is 5.38. The van der Waals surface area contributed by atoms with Gasteiger partial charge in [0.05, 0.1) is 13.2 Å². The highest BCUT2D eigenvalue weighted by Crippen LogP contribution is 2.25. The predicted octanol–water partition coefficient (Wildman–Crippen LogP) is 0.861. The molecule has 0 bridgehead atoms. The van der Waals surface area contributed by atoms with E-state index in [1.54, 1.807) is 0 Å². The normalized spacial score (nSPS) is 22.8. The van der Waals surface area contributed by atoms with Crippen LogP contribution < -0.4 is 4.90 Å². The fourth-order valence-electron chi connectivity index (χ4n) is 2.73. The van der Waals surface area contributed by atoms with Gasteiger partial charge in [0, 0.05) is 39.3 Å². The van der Waals surface area contributed by atoms with Gasteiger partial charge >= 0.3 is 5.97 Å². The zero-order valence-corrected chi connectivity index (χ0v) is 12.2. The smallest absolute Gasteiger partial charge is 0.323 e. The van der Waals surface area contributed by atoms with Crippen molar-refractivity contribution in [2.45, 2.75) is 25.1 Å². The lowest BCUT2D eigenvalue weighted by atomic mass is 10.1. The van der Waals surface area contributed by atoms with Gasteiger partial charge in [-0.3, -0.25) is 9.69 Å². The Morgan fingerprint density at radius 2 is 2.15 bits per heavy atom. The molecular weight excluding hydrogens is 256 g/mol. The summed E-state index contributed by atoms with van der Waals surface area (Å²) >= 11 is 0. The number of likely N-dealkylation sites (tertiary alicyclic amines) is 1. The molecule has 1 aliphatic rings. The second kappa shape index (κ2) is 6.24. The maximum Gasteiger partial charge on any atom is 0.323 e. The zero-order valence-electron chi connectivity index (χ0n) is 12.2. The molecular formula is C15H22N2O3.